The molecular formula is C15H22N2O2. The van der Waals surface area contributed by atoms with Gasteiger partial charge in [-0.3, -0.25) is 4.99 Å². The maximum Gasteiger partial charge on any atom is 0.122 e. The monoisotopic (exact) mass is 262 g/mol. The standard InChI is InChI=1S/C15H22N2O2/c1-4-5-6-7-8-9-10-15(16-2)17-11-12-19-14-13-18-3/h1,5-8,11H,9-10,12-14H2,2-3H3/b6-5-,8-7-,16-15?,17-11?. The minimum atomic E-state index is 0.475. The van der Waals surface area contributed by atoms with Crippen LogP contribution in [0, 0.1) is 12.3 Å². The van der Waals surface area contributed by atoms with Gasteiger partial charge in [-0.1, -0.05) is 24.1 Å². The van der Waals surface area contributed by atoms with E-state index in [1.807, 2.05) is 18.2 Å². The number of nitrogens with zero attached hydrogens (tertiary/aromatic N) is 2. The van der Waals surface area contributed by atoms with Crippen LogP contribution in [0.2, 0.25) is 0 Å². The van der Waals surface area contributed by atoms with E-state index in [4.69, 9.17) is 15.9 Å². The highest BCUT2D eigenvalue weighted by molar-refractivity contribution is 5.89. The van der Waals surface area contributed by atoms with Crippen LogP contribution in [0.4, 0.5) is 0 Å². The maximum atomic E-state index is 5.27. The summed E-state index contributed by atoms with van der Waals surface area (Å²) in [5.41, 5.74) is 0. The van der Waals surface area contributed by atoms with Gasteiger partial charge >= 0.3 is 0 Å². The fourth-order valence-electron chi connectivity index (χ4n) is 1.15. The lowest BCUT2D eigenvalue weighted by Crippen LogP contribution is -2.04. The van der Waals surface area contributed by atoms with Crippen molar-refractivity contribution in [3.63, 3.8) is 0 Å². The highest BCUT2D eigenvalue weighted by atomic mass is 16.5. The molecule has 0 atom stereocenters. The Kier molecular flexibility index (Phi) is 13.1. The summed E-state index contributed by atoms with van der Waals surface area (Å²) in [5, 5.41) is 0. The van der Waals surface area contributed by atoms with Gasteiger partial charge in [-0.15, -0.1) is 6.42 Å². The van der Waals surface area contributed by atoms with E-state index in [0.717, 1.165) is 18.7 Å². The van der Waals surface area contributed by atoms with Gasteiger partial charge in [0.05, 0.1) is 19.8 Å². The van der Waals surface area contributed by atoms with E-state index in [0.29, 0.717) is 19.8 Å². The number of rotatable bonds is 9. The molecule has 0 fully saturated rings. The summed E-state index contributed by atoms with van der Waals surface area (Å²) in [6.07, 6.45) is 15.9. The molecule has 0 aliphatic carbocycles. The van der Waals surface area contributed by atoms with Crippen molar-refractivity contribution in [1.29, 1.82) is 0 Å². The number of amidine groups is 1. The Morgan fingerprint density at radius 1 is 1.32 bits per heavy atom. The SMILES string of the molecule is C#C/C=C\C=C/CCC(N=CCOCCOC)=NC. The van der Waals surface area contributed by atoms with Crippen LogP contribution in [-0.4, -0.2) is 46.0 Å². The van der Waals surface area contributed by atoms with Crippen LogP contribution >= 0.6 is 0 Å². The number of allylic oxidation sites excluding steroid dienone is 4. The van der Waals surface area contributed by atoms with Crippen molar-refractivity contribution in [2.45, 2.75) is 12.8 Å². The molecule has 4 nitrogen and oxygen atoms in total. The molecule has 0 aromatic rings. The van der Waals surface area contributed by atoms with Gasteiger partial charge in [-0.05, 0) is 12.5 Å². The lowest BCUT2D eigenvalue weighted by atomic mass is 10.2. The van der Waals surface area contributed by atoms with E-state index < -0.39 is 0 Å². The van der Waals surface area contributed by atoms with Crippen molar-refractivity contribution in [3.05, 3.63) is 24.3 Å². The van der Waals surface area contributed by atoms with E-state index in [2.05, 4.69) is 15.9 Å². The van der Waals surface area contributed by atoms with Gasteiger partial charge in [0.25, 0.3) is 0 Å². The van der Waals surface area contributed by atoms with Crippen molar-refractivity contribution >= 4 is 12.1 Å². The highest BCUT2D eigenvalue weighted by Crippen LogP contribution is 1.96. The van der Waals surface area contributed by atoms with Gasteiger partial charge in [0.2, 0.25) is 0 Å². The van der Waals surface area contributed by atoms with E-state index in [9.17, 15) is 0 Å². The third-order valence-corrected chi connectivity index (χ3v) is 2.10. The molecule has 0 unspecified atom stereocenters. The molecule has 0 N–H and O–H groups in total. The van der Waals surface area contributed by atoms with Gasteiger partial charge in [-0.25, -0.2) is 4.99 Å². The zero-order valence-electron chi connectivity index (χ0n) is 11.7. The fourth-order valence-corrected chi connectivity index (χ4v) is 1.15. The number of hydrogen-bond acceptors (Lipinski definition) is 3. The molecule has 0 bridgehead atoms. The Morgan fingerprint density at radius 3 is 2.84 bits per heavy atom. The Bertz CT molecular complexity index is 363. The predicted molar refractivity (Wildman–Crippen MR) is 80.9 cm³/mol. The first-order valence-corrected chi connectivity index (χ1v) is 6.17. The third kappa shape index (κ3) is 12.5. The van der Waals surface area contributed by atoms with Crippen molar-refractivity contribution in [2.24, 2.45) is 9.98 Å². The van der Waals surface area contributed by atoms with E-state index >= 15 is 0 Å². The van der Waals surface area contributed by atoms with Crippen molar-refractivity contribution in [2.75, 3.05) is 34.0 Å². The largest absolute Gasteiger partial charge is 0.382 e. The van der Waals surface area contributed by atoms with Crippen LogP contribution in [0.25, 0.3) is 0 Å². The maximum absolute atomic E-state index is 5.27. The molecule has 104 valence electrons. The first kappa shape index (κ1) is 17.3. The highest BCUT2D eigenvalue weighted by Gasteiger charge is 1.92. The van der Waals surface area contributed by atoms with Gasteiger partial charge in [0, 0.05) is 26.8 Å². The quantitative estimate of drug-likeness (QED) is 0.210. The molecule has 0 aliphatic rings. The molecule has 0 aromatic heterocycles. The molecule has 0 aromatic carbocycles. The number of aliphatic imine (C=N–C) groups is 2. The third-order valence-electron chi connectivity index (χ3n) is 2.10. The van der Waals surface area contributed by atoms with Crippen LogP contribution in [0.1, 0.15) is 12.8 Å². The normalized spacial score (nSPS) is 12.8. The molecular weight excluding hydrogens is 240 g/mol. The molecule has 0 saturated carbocycles. The summed E-state index contributed by atoms with van der Waals surface area (Å²) in [6.45, 7) is 1.65. The molecule has 0 radical (unpaired) electrons. The van der Waals surface area contributed by atoms with Crippen molar-refractivity contribution < 1.29 is 9.47 Å². The summed E-state index contributed by atoms with van der Waals surface area (Å²) < 4.78 is 10.1. The lowest BCUT2D eigenvalue weighted by molar-refractivity contribution is 0.0912. The minimum absolute atomic E-state index is 0.475. The fraction of sp³-hybridized carbons (Fsp3) is 0.467. The van der Waals surface area contributed by atoms with Crippen LogP contribution in [0.5, 0.6) is 0 Å². The molecule has 0 saturated heterocycles. The number of hydrogen-bond donors (Lipinski definition) is 0. The zero-order chi connectivity index (χ0) is 14.2. The van der Waals surface area contributed by atoms with E-state index in [1.165, 1.54) is 0 Å². The molecule has 4 heteroatoms. The van der Waals surface area contributed by atoms with Gasteiger partial charge in [0.15, 0.2) is 0 Å². The number of terminal acetylenes is 1. The summed E-state index contributed by atoms with van der Waals surface area (Å²) in [6, 6.07) is 0. The smallest absolute Gasteiger partial charge is 0.122 e. The van der Waals surface area contributed by atoms with Gasteiger partial charge < -0.3 is 9.47 Å². The summed E-state index contributed by atoms with van der Waals surface area (Å²) in [4.78, 5) is 8.36. The van der Waals surface area contributed by atoms with Crippen LogP contribution in [0.3, 0.4) is 0 Å². The second kappa shape index (κ2) is 14.4. The second-order valence-electron chi connectivity index (χ2n) is 3.51. The Balaban J connectivity index is 3.78. The van der Waals surface area contributed by atoms with Crippen LogP contribution in [0.15, 0.2) is 34.3 Å². The van der Waals surface area contributed by atoms with Crippen molar-refractivity contribution in [3.8, 4) is 12.3 Å². The summed E-state index contributed by atoms with van der Waals surface area (Å²) in [7, 11) is 3.38. The van der Waals surface area contributed by atoms with E-state index in [1.54, 1.807) is 26.4 Å². The molecule has 0 rings (SSSR count). The Hall–Kier alpha value is -1.70. The summed E-state index contributed by atoms with van der Waals surface area (Å²) in [5.74, 6) is 3.23. The average Bonchev–Trinajstić information content (AvgIpc) is 2.44. The number of methoxy groups -OCH3 is 1. The molecule has 0 amide bonds. The first-order chi connectivity index (χ1) is 9.35. The molecule has 19 heavy (non-hydrogen) atoms. The van der Waals surface area contributed by atoms with Crippen LogP contribution < -0.4 is 0 Å². The topological polar surface area (TPSA) is 43.2 Å². The lowest BCUT2D eigenvalue weighted by Gasteiger charge is -1.99. The Morgan fingerprint density at radius 2 is 2.16 bits per heavy atom. The average molecular weight is 262 g/mol. The molecule has 0 aliphatic heterocycles. The molecule has 0 heterocycles. The first-order valence-electron chi connectivity index (χ1n) is 6.17. The van der Waals surface area contributed by atoms with Gasteiger partial charge in [-0.2, -0.15) is 0 Å². The summed E-state index contributed by atoms with van der Waals surface area (Å²) >= 11 is 0. The zero-order valence-corrected chi connectivity index (χ0v) is 11.7. The van der Waals surface area contributed by atoms with Gasteiger partial charge in [0.1, 0.15) is 5.84 Å². The number of ether oxygens (including phenoxy) is 2. The van der Waals surface area contributed by atoms with Crippen molar-refractivity contribution in [1.82, 2.24) is 0 Å². The minimum Gasteiger partial charge on any atom is -0.382 e. The van der Waals surface area contributed by atoms with E-state index in [-0.39, 0.29) is 0 Å². The predicted octanol–water partition coefficient (Wildman–Crippen LogP) is 2.27. The Labute approximate surface area is 115 Å². The molecule has 0 spiro atoms. The van der Waals surface area contributed by atoms with Crippen LogP contribution in [-0.2, 0) is 9.47 Å². The second-order valence-corrected chi connectivity index (χ2v) is 3.51.